The Kier molecular flexibility index (Phi) is 5.37. The van der Waals surface area contributed by atoms with Gasteiger partial charge in [0.25, 0.3) is 0 Å². The number of carbonyl (C=O) groups is 2. The largest absolute Gasteiger partial charge is 0.480 e. The Hall–Kier alpha value is -1.14. The van der Waals surface area contributed by atoms with Crippen LogP contribution in [-0.2, 0) is 9.59 Å². The second-order valence-corrected chi connectivity index (χ2v) is 4.52. The van der Waals surface area contributed by atoms with E-state index in [0.29, 0.717) is 0 Å². The number of hydrogen-bond donors (Lipinski definition) is 2. The molecular formula is C11H21N3O3. The van der Waals surface area contributed by atoms with Crippen molar-refractivity contribution in [1.82, 2.24) is 9.80 Å². The van der Waals surface area contributed by atoms with E-state index in [1.165, 1.54) is 0 Å². The Labute approximate surface area is 101 Å². The van der Waals surface area contributed by atoms with Crippen LogP contribution in [0.2, 0.25) is 0 Å². The predicted molar refractivity (Wildman–Crippen MR) is 63.5 cm³/mol. The Morgan fingerprint density at radius 1 is 1.29 bits per heavy atom. The van der Waals surface area contributed by atoms with Gasteiger partial charge in [0.15, 0.2) is 0 Å². The van der Waals surface area contributed by atoms with Gasteiger partial charge in [-0.1, -0.05) is 0 Å². The number of carbonyl (C=O) groups excluding carboxylic acids is 1. The minimum Gasteiger partial charge on any atom is -0.480 e. The van der Waals surface area contributed by atoms with Crippen LogP contribution < -0.4 is 5.73 Å². The van der Waals surface area contributed by atoms with E-state index in [0.717, 1.165) is 32.6 Å². The van der Waals surface area contributed by atoms with Crippen LogP contribution in [0.5, 0.6) is 0 Å². The third-order valence-electron chi connectivity index (χ3n) is 3.06. The highest BCUT2D eigenvalue weighted by Crippen LogP contribution is 2.05. The summed E-state index contributed by atoms with van der Waals surface area (Å²) in [5.74, 6) is -1.04. The average molecular weight is 243 g/mol. The summed E-state index contributed by atoms with van der Waals surface area (Å²) >= 11 is 0. The molecule has 1 amide bonds. The summed E-state index contributed by atoms with van der Waals surface area (Å²) in [4.78, 5) is 26.4. The Balaban J connectivity index is 2.34. The summed E-state index contributed by atoms with van der Waals surface area (Å²) in [6.45, 7) is 3.35. The second kappa shape index (κ2) is 6.56. The normalized spacial score (nSPS) is 19.8. The zero-order chi connectivity index (χ0) is 12.8. The first-order chi connectivity index (χ1) is 8.00. The topological polar surface area (TPSA) is 86.9 Å². The molecule has 1 heterocycles. The summed E-state index contributed by atoms with van der Waals surface area (Å²) in [5.41, 5.74) is 5.37. The monoisotopic (exact) mass is 243 g/mol. The number of rotatable bonds is 4. The van der Waals surface area contributed by atoms with E-state index in [2.05, 4.69) is 4.90 Å². The molecule has 17 heavy (non-hydrogen) atoms. The zero-order valence-electron chi connectivity index (χ0n) is 10.3. The molecule has 6 nitrogen and oxygen atoms in total. The Morgan fingerprint density at radius 3 is 2.65 bits per heavy atom. The zero-order valence-corrected chi connectivity index (χ0v) is 10.3. The minimum absolute atomic E-state index is 0.0111. The van der Waals surface area contributed by atoms with Gasteiger partial charge >= 0.3 is 5.97 Å². The van der Waals surface area contributed by atoms with Gasteiger partial charge < -0.3 is 20.6 Å². The van der Waals surface area contributed by atoms with Crippen molar-refractivity contribution in [2.45, 2.75) is 25.3 Å². The van der Waals surface area contributed by atoms with Crippen LogP contribution >= 0.6 is 0 Å². The molecule has 0 aromatic rings. The molecule has 1 aliphatic heterocycles. The summed E-state index contributed by atoms with van der Waals surface area (Å²) in [6.07, 6.45) is 1.39. The van der Waals surface area contributed by atoms with Crippen LogP contribution in [0.3, 0.4) is 0 Å². The van der Waals surface area contributed by atoms with Gasteiger partial charge in [0.05, 0.1) is 0 Å². The lowest BCUT2D eigenvalue weighted by Crippen LogP contribution is -2.36. The first-order valence-electron chi connectivity index (χ1n) is 5.95. The van der Waals surface area contributed by atoms with Crippen molar-refractivity contribution in [3.8, 4) is 0 Å². The van der Waals surface area contributed by atoms with Crippen LogP contribution in [0.1, 0.15) is 19.3 Å². The third kappa shape index (κ3) is 4.70. The van der Waals surface area contributed by atoms with Crippen molar-refractivity contribution in [3.05, 3.63) is 0 Å². The maximum Gasteiger partial charge on any atom is 0.320 e. The number of likely N-dealkylation sites (N-methyl/N-ethyl adjacent to an activating group) is 1. The number of aliphatic carboxylic acids is 1. The lowest BCUT2D eigenvalue weighted by Gasteiger charge is -2.20. The quantitative estimate of drug-likeness (QED) is 0.684. The number of hydrogen-bond acceptors (Lipinski definition) is 4. The molecule has 3 N–H and O–H groups in total. The number of nitrogens with two attached hydrogens (primary N) is 1. The van der Waals surface area contributed by atoms with Crippen LogP contribution in [0.15, 0.2) is 0 Å². The minimum atomic E-state index is -1.05. The number of nitrogens with zero attached hydrogens (tertiary/aromatic N) is 2. The second-order valence-electron chi connectivity index (χ2n) is 4.52. The summed E-state index contributed by atoms with van der Waals surface area (Å²) in [5, 5.41) is 8.63. The molecule has 1 saturated heterocycles. The highest BCUT2D eigenvalue weighted by atomic mass is 16.4. The van der Waals surface area contributed by atoms with Gasteiger partial charge in [0.1, 0.15) is 6.04 Å². The molecule has 1 rings (SSSR count). The van der Waals surface area contributed by atoms with Gasteiger partial charge in [-0.25, -0.2) is 0 Å². The highest BCUT2D eigenvalue weighted by molar-refractivity contribution is 5.78. The van der Waals surface area contributed by atoms with Crippen LogP contribution in [0.25, 0.3) is 0 Å². The molecule has 0 aromatic heterocycles. The number of amides is 1. The van der Waals surface area contributed by atoms with Crippen molar-refractivity contribution in [2.75, 3.05) is 33.2 Å². The molecule has 0 radical (unpaired) electrons. The van der Waals surface area contributed by atoms with E-state index in [1.54, 1.807) is 4.90 Å². The van der Waals surface area contributed by atoms with Gasteiger partial charge in [0.2, 0.25) is 5.91 Å². The fourth-order valence-corrected chi connectivity index (χ4v) is 1.86. The van der Waals surface area contributed by atoms with Crippen molar-refractivity contribution in [3.63, 3.8) is 0 Å². The van der Waals surface area contributed by atoms with E-state index >= 15 is 0 Å². The molecule has 0 bridgehead atoms. The highest BCUT2D eigenvalue weighted by Gasteiger charge is 2.19. The fraction of sp³-hybridized carbons (Fsp3) is 0.818. The van der Waals surface area contributed by atoms with E-state index in [1.807, 2.05) is 7.05 Å². The maximum atomic E-state index is 11.8. The molecule has 0 aliphatic carbocycles. The van der Waals surface area contributed by atoms with Gasteiger partial charge in [-0.2, -0.15) is 0 Å². The molecule has 1 fully saturated rings. The summed E-state index contributed by atoms with van der Waals surface area (Å²) < 4.78 is 0. The van der Waals surface area contributed by atoms with E-state index < -0.39 is 12.0 Å². The molecule has 1 atom stereocenters. The molecule has 98 valence electrons. The van der Waals surface area contributed by atoms with Crippen molar-refractivity contribution in [1.29, 1.82) is 0 Å². The van der Waals surface area contributed by atoms with Crippen LogP contribution in [0.4, 0.5) is 0 Å². The number of carboxylic acid groups (broad SMARTS) is 1. The molecule has 0 spiro atoms. The predicted octanol–water partition coefficient (Wildman–Crippen LogP) is -0.657. The van der Waals surface area contributed by atoms with Gasteiger partial charge in [0, 0.05) is 26.1 Å². The molecule has 0 saturated carbocycles. The SMILES string of the molecule is CN1CCCN(C(=O)CCC(N)C(=O)O)CC1. The molecule has 1 unspecified atom stereocenters. The van der Waals surface area contributed by atoms with Crippen molar-refractivity contribution >= 4 is 11.9 Å². The van der Waals surface area contributed by atoms with Crippen LogP contribution in [-0.4, -0.2) is 66.1 Å². The standard InChI is InChI=1S/C11H21N3O3/c1-13-5-2-6-14(8-7-13)10(15)4-3-9(12)11(16)17/h9H,2-8,12H2,1H3,(H,16,17). The third-order valence-corrected chi connectivity index (χ3v) is 3.06. The molecule has 0 aromatic carbocycles. The maximum absolute atomic E-state index is 11.8. The lowest BCUT2D eigenvalue weighted by atomic mass is 10.1. The number of carboxylic acids is 1. The van der Waals surface area contributed by atoms with Gasteiger partial charge in [-0.05, 0) is 26.4 Å². The smallest absolute Gasteiger partial charge is 0.320 e. The van der Waals surface area contributed by atoms with Gasteiger partial charge in [-0.3, -0.25) is 9.59 Å². The summed E-state index contributed by atoms with van der Waals surface area (Å²) in [6, 6.07) is -0.936. The van der Waals surface area contributed by atoms with Crippen molar-refractivity contribution < 1.29 is 14.7 Å². The summed E-state index contributed by atoms with van der Waals surface area (Å²) in [7, 11) is 2.04. The fourth-order valence-electron chi connectivity index (χ4n) is 1.86. The average Bonchev–Trinajstić information content (AvgIpc) is 2.50. The Morgan fingerprint density at radius 2 is 2.00 bits per heavy atom. The Bertz CT molecular complexity index is 283. The van der Waals surface area contributed by atoms with Crippen LogP contribution in [0, 0.1) is 0 Å². The lowest BCUT2D eigenvalue weighted by molar-refractivity contribution is -0.139. The first-order valence-corrected chi connectivity index (χ1v) is 5.95. The molecular weight excluding hydrogens is 222 g/mol. The first kappa shape index (κ1) is 13.9. The van der Waals surface area contributed by atoms with E-state index in [-0.39, 0.29) is 18.7 Å². The molecule has 6 heteroatoms. The molecule has 1 aliphatic rings. The van der Waals surface area contributed by atoms with Gasteiger partial charge in [-0.15, -0.1) is 0 Å². The van der Waals surface area contributed by atoms with E-state index in [9.17, 15) is 9.59 Å². The van der Waals surface area contributed by atoms with E-state index in [4.69, 9.17) is 10.8 Å². The van der Waals surface area contributed by atoms with Crippen molar-refractivity contribution in [2.24, 2.45) is 5.73 Å².